The van der Waals surface area contributed by atoms with E-state index >= 15 is 0 Å². The number of primary amides is 1. The molecule has 0 saturated carbocycles. The Hall–Kier alpha value is -3.60. The van der Waals surface area contributed by atoms with Crippen LogP contribution in [0.3, 0.4) is 0 Å². The van der Waals surface area contributed by atoms with Gasteiger partial charge in [0.25, 0.3) is 10.0 Å². The lowest BCUT2D eigenvalue weighted by Gasteiger charge is -2.15. The first kappa shape index (κ1) is 21.1. The molecule has 0 aliphatic carbocycles. The average Bonchev–Trinajstić information content (AvgIpc) is 3.13. The Kier molecular flexibility index (Phi) is 5.65. The molecule has 0 radical (unpaired) electrons. The van der Waals surface area contributed by atoms with Crippen LogP contribution in [0.2, 0.25) is 0 Å². The van der Waals surface area contributed by atoms with Crippen molar-refractivity contribution in [3.05, 3.63) is 59.7 Å². The van der Waals surface area contributed by atoms with Crippen LogP contribution in [0.1, 0.15) is 15.9 Å². The number of aromatic nitrogens is 2. The fourth-order valence-corrected chi connectivity index (χ4v) is 3.90. The van der Waals surface area contributed by atoms with Gasteiger partial charge in [-0.1, -0.05) is 0 Å². The second-order valence-corrected chi connectivity index (χ2v) is 7.95. The van der Waals surface area contributed by atoms with Gasteiger partial charge in [0, 0.05) is 23.9 Å². The van der Waals surface area contributed by atoms with Crippen molar-refractivity contribution in [2.45, 2.75) is 11.8 Å². The van der Waals surface area contributed by atoms with Gasteiger partial charge in [-0.15, -0.1) is 0 Å². The maximum atomic E-state index is 14.5. The molecule has 0 bridgehead atoms. The number of halogens is 1. The smallest absolute Gasteiger partial charge is 0.265 e. The van der Waals surface area contributed by atoms with Gasteiger partial charge in [0.15, 0.2) is 11.5 Å². The van der Waals surface area contributed by atoms with E-state index < -0.39 is 26.6 Å². The van der Waals surface area contributed by atoms with Crippen molar-refractivity contribution >= 4 is 21.6 Å². The average molecular weight is 434 g/mol. The van der Waals surface area contributed by atoms with Gasteiger partial charge in [0.05, 0.1) is 31.8 Å². The summed E-state index contributed by atoms with van der Waals surface area (Å²) in [6.07, 6.45) is 3.24. The molecule has 9 nitrogen and oxygen atoms in total. The standard InChI is InChI=1S/C19H19FN4O5S/c1-11-9-22-24(10-11)15-5-4-12(19(21)25)6-14(15)23-30(26,27)18-8-17(29-3)16(28-2)7-13(18)20/h4-10,23H,1-3H3,(H2,21,25). The van der Waals surface area contributed by atoms with Crippen LogP contribution < -0.4 is 19.9 Å². The molecule has 0 spiro atoms. The molecular formula is C19H19FN4O5S. The summed E-state index contributed by atoms with van der Waals surface area (Å²) in [6, 6.07) is 6.08. The summed E-state index contributed by atoms with van der Waals surface area (Å²) in [5, 5.41) is 4.15. The normalized spacial score (nSPS) is 11.2. The zero-order valence-corrected chi connectivity index (χ0v) is 17.2. The number of nitrogens with one attached hydrogen (secondary N) is 1. The quantitative estimate of drug-likeness (QED) is 0.587. The van der Waals surface area contributed by atoms with Gasteiger partial charge in [0.1, 0.15) is 10.7 Å². The highest BCUT2D eigenvalue weighted by Gasteiger charge is 2.24. The third-order valence-corrected chi connectivity index (χ3v) is 5.59. The summed E-state index contributed by atoms with van der Waals surface area (Å²) < 4.78 is 54.2. The van der Waals surface area contributed by atoms with Crippen LogP contribution in [0.5, 0.6) is 11.5 Å². The second kappa shape index (κ2) is 8.03. The number of carbonyl (C=O) groups excluding carboxylic acids is 1. The maximum Gasteiger partial charge on any atom is 0.265 e. The predicted molar refractivity (Wildman–Crippen MR) is 107 cm³/mol. The lowest BCUT2D eigenvalue weighted by atomic mass is 10.1. The minimum atomic E-state index is -4.42. The number of methoxy groups -OCH3 is 2. The van der Waals surface area contributed by atoms with E-state index in [1.807, 2.05) is 6.92 Å². The van der Waals surface area contributed by atoms with Crippen molar-refractivity contribution < 1.29 is 27.1 Å². The number of benzene rings is 2. The zero-order valence-electron chi connectivity index (χ0n) is 16.3. The van der Waals surface area contributed by atoms with Crippen molar-refractivity contribution in [3.63, 3.8) is 0 Å². The molecule has 30 heavy (non-hydrogen) atoms. The molecule has 0 unspecified atom stereocenters. The van der Waals surface area contributed by atoms with E-state index in [0.717, 1.165) is 17.7 Å². The molecule has 0 atom stereocenters. The van der Waals surface area contributed by atoms with Crippen molar-refractivity contribution in [2.75, 3.05) is 18.9 Å². The summed E-state index contributed by atoms with van der Waals surface area (Å²) >= 11 is 0. The second-order valence-electron chi connectivity index (χ2n) is 6.30. The molecule has 1 aromatic heterocycles. The molecule has 1 amide bonds. The third-order valence-electron chi connectivity index (χ3n) is 4.21. The van der Waals surface area contributed by atoms with Gasteiger partial charge in [-0.25, -0.2) is 17.5 Å². The van der Waals surface area contributed by atoms with Crippen molar-refractivity contribution in [3.8, 4) is 17.2 Å². The van der Waals surface area contributed by atoms with E-state index in [-0.39, 0.29) is 22.7 Å². The minimum Gasteiger partial charge on any atom is -0.493 e. The Morgan fingerprint density at radius 2 is 1.83 bits per heavy atom. The molecule has 3 N–H and O–H groups in total. The molecule has 1 heterocycles. The van der Waals surface area contributed by atoms with E-state index in [4.69, 9.17) is 15.2 Å². The molecule has 0 aliphatic rings. The Morgan fingerprint density at radius 1 is 1.17 bits per heavy atom. The zero-order chi connectivity index (χ0) is 22.1. The summed E-state index contributed by atoms with van der Waals surface area (Å²) in [7, 11) is -1.82. The number of ether oxygens (including phenoxy) is 2. The number of rotatable bonds is 7. The minimum absolute atomic E-state index is 0.0106. The monoisotopic (exact) mass is 434 g/mol. The number of hydrogen-bond acceptors (Lipinski definition) is 6. The Bertz CT molecular complexity index is 1220. The SMILES string of the molecule is COc1cc(F)c(S(=O)(=O)Nc2cc(C(N)=O)ccc2-n2cc(C)cn2)cc1OC. The van der Waals surface area contributed by atoms with E-state index in [1.54, 1.807) is 12.4 Å². The van der Waals surface area contributed by atoms with Gasteiger partial charge < -0.3 is 15.2 Å². The molecule has 2 aromatic carbocycles. The maximum absolute atomic E-state index is 14.5. The van der Waals surface area contributed by atoms with Crippen LogP contribution in [0, 0.1) is 12.7 Å². The summed E-state index contributed by atoms with van der Waals surface area (Å²) in [4.78, 5) is 10.9. The molecule has 3 rings (SSSR count). The first-order chi connectivity index (χ1) is 14.2. The highest BCUT2D eigenvalue weighted by atomic mass is 32.2. The molecule has 158 valence electrons. The number of carbonyl (C=O) groups is 1. The number of amides is 1. The number of nitrogens with two attached hydrogens (primary N) is 1. The van der Waals surface area contributed by atoms with Gasteiger partial charge in [0.2, 0.25) is 5.91 Å². The number of nitrogens with zero attached hydrogens (tertiary/aromatic N) is 2. The summed E-state index contributed by atoms with van der Waals surface area (Å²) in [6.45, 7) is 1.81. The first-order valence-corrected chi connectivity index (χ1v) is 10.0. The molecule has 3 aromatic rings. The highest BCUT2D eigenvalue weighted by molar-refractivity contribution is 7.92. The van der Waals surface area contributed by atoms with Crippen molar-refractivity contribution in [1.82, 2.24) is 9.78 Å². The van der Waals surface area contributed by atoms with Crippen molar-refractivity contribution in [1.29, 1.82) is 0 Å². The highest BCUT2D eigenvalue weighted by Crippen LogP contribution is 2.33. The third kappa shape index (κ3) is 4.06. The van der Waals surface area contributed by atoms with E-state index in [0.29, 0.717) is 5.69 Å². The molecule has 0 fully saturated rings. The van der Waals surface area contributed by atoms with Gasteiger partial charge in [-0.05, 0) is 30.7 Å². The molecule has 0 aliphatic heterocycles. The van der Waals surface area contributed by atoms with E-state index in [9.17, 15) is 17.6 Å². The lowest BCUT2D eigenvalue weighted by molar-refractivity contribution is 0.100. The van der Waals surface area contributed by atoms with Crippen LogP contribution in [0.25, 0.3) is 5.69 Å². The topological polar surface area (TPSA) is 126 Å². The first-order valence-electron chi connectivity index (χ1n) is 8.56. The van der Waals surface area contributed by atoms with Crippen LogP contribution in [0.15, 0.2) is 47.6 Å². The number of anilines is 1. The summed E-state index contributed by atoms with van der Waals surface area (Å²) in [5.74, 6) is -1.72. The summed E-state index contributed by atoms with van der Waals surface area (Å²) in [5.41, 5.74) is 6.51. The lowest BCUT2D eigenvalue weighted by Crippen LogP contribution is -2.18. The van der Waals surface area contributed by atoms with Crippen LogP contribution >= 0.6 is 0 Å². The number of aryl methyl sites for hydroxylation is 1. The van der Waals surface area contributed by atoms with Crippen LogP contribution in [-0.4, -0.2) is 38.3 Å². The van der Waals surface area contributed by atoms with Gasteiger partial charge in [-0.3, -0.25) is 9.52 Å². The molecule has 11 heteroatoms. The fourth-order valence-electron chi connectivity index (χ4n) is 2.76. The Balaban J connectivity index is 2.12. The van der Waals surface area contributed by atoms with E-state index in [2.05, 4.69) is 9.82 Å². The Morgan fingerprint density at radius 3 is 2.40 bits per heavy atom. The Labute approximate surface area is 172 Å². The van der Waals surface area contributed by atoms with Gasteiger partial charge in [-0.2, -0.15) is 5.10 Å². The number of hydrogen-bond donors (Lipinski definition) is 2. The fraction of sp³-hybridized carbons (Fsp3) is 0.158. The van der Waals surface area contributed by atoms with Crippen molar-refractivity contribution in [2.24, 2.45) is 5.73 Å². The molecular weight excluding hydrogens is 415 g/mol. The predicted octanol–water partition coefficient (Wildman–Crippen LogP) is 2.24. The van der Waals surface area contributed by atoms with Gasteiger partial charge >= 0.3 is 0 Å². The van der Waals surface area contributed by atoms with E-state index in [1.165, 1.54) is 37.1 Å². The van der Waals surface area contributed by atoms with Crippen LogP contribution in [-0.2, 0) is 10.0 Å². The largest absolute Gasteiger partial charge is 0.493 e. The molecule has 0 saturated heterocycles. The number of sulfonamides is 1. The van der Waals surface area contributed by atoms with Crippen LogP contribution in [0.4, 0.5) is 10.1 Å².